The van der Waals surface area contributed by atoms with Crippen LogP contribution < -0.4 is 9.64 Å². The van der Waals surface area contributed by atoms with Crippen LogP contribution in [-0.2, 0) is 4.74 Å². The number of carbonyl (C=O) groups excluding carboxylic acids is 1. The van der Waals surface area contributed by atoms with Gasteiger partial charge < -0.3 is 19.3 Å². The molecular formula is C18H20ClN5O5. The molecule has 1 saturated heterocycles. The summed E-state index contributed by atoms with van der Waals surface area (Å²) in [5.74, 6) is 0.371. The van der Waals surface area contributed by atoms with Gasteiger partial charge in [-0.05, 0) is 37.6 Å². The molecule has 2 aromatic rings. The molecule has 2 heterocycles. The summed E-state index contributed by atoms with van der Waals surface area (Å²) in [5, 5.41) is 12.3. The number of nitro groups is 1. The van der Waals surface area contributed by atoms with Crippen LogP contribution >= 0.6 is 11.6 Å². The Bertz CT molecular complexity index is 918. The van der Waals surface area contributed by atoms with Crippen molar-refractivity contribution in [2.75, 3.05) is 37.7 Å². The van der Waals surface area contributed by atoms with Crippen molar-refractivity contribution in [1.29, 1.82) is 0 Å². The lowest BCUT2D eigenvalue weighted by molar-refractivity contribution is -0.385. The number of carbonyl (C=O) groups is 1. The van der Waals surface area contributed by atoms with E-state index in [1.54, 1.807) is 41.8 Å². The Balaban J connectivity index is 1.83. The minimum atomic E-state index is -0.564. The highest BCUT2D eigenvalue weighted by Gasteiger charge is 2.31. The zero-order valence-corrected chi connectivity index (χ0v) is 16.8. The Labute approximate surface area is 172 Å². The molecular weight excluding hydrogens is 402 g/mol. The smallest absolute Gasteiger partial charge is 0.409 e. The molecule has 0 radical (unpaired) electrons. The first-order valence-corrected chi connectivity index (χ1v) is 9.38. The van der Waals surface area contributed by atoms with Gasteiger partial charge in [-0.25, -0.2) is 9.78 Å². The van der Waals surface area contributed by atoms with Crippen molar-refractivity contribution in [3.05, 3.63) is 45.2 Å². The molecule has 0 bridgehead atoms. The fourth-order valence-electron chi connectivity index (χ4n) is 2.93. The molecule has 29 heavy (non-hydrogen) atoms. The summed E-state index contributed by atoms with van der Waals surface area (Å²) in [6, 6.07) is 4.93. The van der Waals surface area contributed by atoms with E-state index in [0.29, 0.717) is 43.6 Å². The monoisotopic (exact) mass is 421 g/mol. The zero-order chi connectivity index (χ0) is 21.0. The summed E-state index contributed by atoms with van der Waals surface area (Å²) in [6.45, 7) is 5.31. The zero-order valence-electron chi connectivity index (χ0n) is 16.0. The van der Waals surface area contributed by atoms with Crippen molar-refractivity contribution in [3.8, 4) is 11.6 Å². The third-order valence-electron chi connectivity index (χ3n) is 4.40. The molecule has 1 aromatic carbocycles. The minimum absolute atomic E-state index is 0.147. The molecule has 0 aliphatic carbocycles. The number of halogens is 1. The topological polar surface area (TPSA) is 111 Å². The number of anilines is 1. The van der Waals surface area contributed by atoms with Gasteiger partial charge in [0.25, 0.3) is 0 Å². The van der Waals surface area contributed by atoms with Crippen LogP contribution in [0.1, 0.15) is 12.5 Å². The van der Waals surface area contributed by atoms with Crippen LogP contribution in [0.4, 0.5) is 16.3 Å². The molecule has 0 N–H and O–H groups in total. The van der Waals surface area contributed by atoms with E-state index < -0.39 is 11.0 Å². The van der Waals surface area contributed by atoms with Crippen LogP contribution in [0.3, 0.4) is 0 Å². The quantitative estimate of drug-likeness (QED) is 0.533. The lowest BCUT2D eigenvalue weighted by atomic mass is 10.2. The van der Waals surface area contributed by atoms with Gasteiger partial charge in [-0.2, -0.15) is 4.98 Å². The van der Waals surface area contributed by atoms with Gasteiger partial charge in [0.15, 0.2) is 0 Å². The summed E-state index contributed by atoms with van der Waals surface area (Å²) in [4.78, 5) is 34.4. The number of nitrogens with zero attached hydrogens (tertiary/aromatic N) is 5. The van der Waals surface area contributed by atoms with Crippen molar-refractivity contribution in [1.82, 2.24) is 14.9 Å². The maximum absolute atomic E-state index is 11.8. The van der Waals surface area contributed by atoms with Gasteiger partial charge in [-0.3, -0.25) is 10.1 Å². The van der Waals surface area contributed by atoms with E-state index in [1.165, 1.54) is 6.33 Å². The summed E-state index contributed by atoms with van der Waals surface area (Å²) in [7, 11) is 0. The van der Waals surface area contributed by atoms with Gasteiger partial charge >= 0.3 is 17.7 Å². The molecule has 1 aromatic heterocycles. The van der Waals surface area contributed by atoms with Gasteiger partial charge in [-0.15, -0.1) is 0 Å². The molecule has 0 atom stereocenters. The number of ether oxygens (including phenoxy) is 2. The predicted octanol–water partition coefficient (Wildman–Crippen LogP) is 3.42. The van der Waals surface area contributed by atoms with Crippen LogP contribution in [0.15, 0.2) is 24.5 Å². The van der Waals surface area contributed by atoms with E-state index in [9.17, 15) is 14.9 Å². The largest absolute Gasteiger partial charge is 0.450 e. The highest BCUT2D eigenvalue weighted by Crippen LogP contribution is 2.37. The fourth-order valence-corrected chi connectivity index (χ4v) is 3.05. The molecule has 1 aliphatic rings. The van der Waals surface area contributed by atoms with Crippen LogP contribution in [0.2, 0.25) is 5.02 Å². The number of hydrogen-bond acceptors (Lipinski definition) is 8. The first kappa shape index (κ1) is 20.6. The fraction of sp³-hybridized carbons (Fsp3) is 0.389. The van der Waals surface area contributed by atoms with E-state index in [-0.39, 0.29) is 17.4 Å². The second kappa shape index (κ2) is 8.91. The molecule has 1 fully saturated rings. The maximum Gasteiger partial charge on any atom is 0.409 e. The van der Waals surface area contributed by atoms with Crippen molar-refractivity contribution in [2.45, 2.75) is 13.8 Å². The van der Waals surface area contributed by atoms with E-state index in [0.717, 1.165) is 5.56 Å². The first-order valence-electron chi connectivity index (χ1n) is 9.00. The normalized spacial score (nSPS) is 13.9. The third-order valence-corrected chi connectivity index (χ3v) is 4.83. The van der Waals surface area contributed by atoms with Gasteiger partial charge in [0.1, 0.15) is 12.1 Å². The van der Waals surface area contributed by atoms with E-state index >= 15 is 0 Å². The standard InChI is InChI=1S/C18H20ClN5O5/c1-3-28-18(25)23-8-6-22(7-9-23)16-15(24(26)27)17(21-11-20-16)29-13-4-5-14(19)12(2)10-13/h4-5,10-11H,3,6-9H2,1-2H3. The van der Waals surface area contributed by atoms with Crippen molar-refractivity contribution < 1.29 is 19.2 Å². The molecule has 1 amide bonds. The molecule has 0 saturated carbocycles. The Morgan fingerprint density at radius 1 is 1.28 bits per heavy atom. The first-order chi connectivity index (χ1) is 13.9. The molecule has 11 heteroatoms. The van der Waals surface area contributed by atoms with Crippen molar-refractivity contribution in [3.63, 3.8) is 0 Å². The van der Waals surface area contributed by atoms with Gasteiger partial charge in [0.2, 0.25) is 5.82 Å². The van der Waals surface area contributed by atoms with Crippen LogP contribution in [-0.4, -0.2) is 58.7 Å². The highest BCUT2D eigenvalue weighted by molar-refractivity contribution is 6.31. The molecule has 1 aliphatic heterocycles. The number of benzene rings is 1. The lowest BCUT2D eigenvalue weighted by Gasteiger charge is -2.34. The third kappa shape index (κ3) is 4.65. The summed E-state index contributed by atoms with van der Waals surface area (Å²) < 4.78 is 10.7. The summed E-state index contributed by atoms with van der Waals surface area (Å²) in [5.41, 5.74) is 0.445. The number of rotatable bonds is 5. The van der Waals surface area contributed by atoms with E-state index in [2.05, 4.69) is 9.97 Å². The van der Waals surface area contributed by atoms with Gasteiger partial charge in [0, 0.05) is 31.2 Å². The summed E-state index contributed by atoms with van der Waals surface area (Å²) >= 11 is 6.01. The average Bonchev–Trinajstić information content (AvgIpc) is 2.71. The van der Waals surface area contributed by atoms with E-state index in [1.807, 2.05) is 0 Å². The van der Waals surface area contributed by atoms with Crippen LogP contribution in [0, 0.1) is 17.0 Å². The SMILES string of the molecule is CCOC(=O)N1CCN(c2ncnc(Oc3ccc(Cl)c(C)c3)c2[N+](=O)[O-])CC1. The Hall–Kier alpha value is -3.14. The molecule has 0 unspecified atom stereocenters. The Kier molecular flexibility index (Phi) is 6.32. The van der Waals surface area contributed by atoms with Crippen LogP contribution in [0.25, 0.3) is 0 Å². The van der Waals surface area contributed by atoms with E-state index in [4.69, 9.17) is 21.1 Å². The molecule has 0 spiro atoms. The molecule has 10 nitrogen and oxygen atoms in total. The maximum atomic E-state index is 11.8. The molecule has 3 rings (SSSR count). The van der Waals surface area contributed by atoms with Crippen molar-refractivity contribution in [2.24, 2.45) is 0 Å². The average molecular weight is 422 g/mol. The summed E-state index contributed by atoms with van der Waals surface area (Å²) in [6.07, 6.45) is 0.824. The number of piperazine rings is 1. The number of amides is 1. The number of aryl methyl sites for hydroxylation is 1. The Morgan fingerprint density at radius 2 is 2.00 bits per heavy atom. The molecule has 154 valence electrons. The van der Waals surface area contributed by atoms with Crippen molar-refractivity contribution >= 4 is 29.2 Å². The lowest BCUT2D eigenvalue weighted by Crippen LogP contribution is -2.49. The number of aromatic nitrogens is 2. The predicted molar refractivity (Wildman–Crippen MR) is 106 cm³/mol. The highest BCUT2D eigenvalue weighted by atomic mass is 35.5. The second-order valence-corrected chi connectivity index (χ2v) is 6.70. The Morgan fingerprint density at radius 3 is 2.62 bits per heavy atom. The van der Waals surface area contributed by atoms with Gasteiger partial charge in [-0.1, -0.05) is 11.6 Å². The van der Waals surface area contributed by atoms with Crippen LogP contribution in [0.5, 0.6) is 11.6 Å². The van der Waals surface area contributed by atoms with Gasteiger partial charge in [0.05, 0.1) is 11.5 Å². The number of hydrogen-bond donors (Lipinski definition) is 0. The second-order valence-electron chi connectivity index (χ2n) is 6.29. The minimum Gasteiger partial charge on any atom is -0.450 e.